The molecule has 2 heterocycles. The summed E-state index contributed by atoms with van der Waals surface area (Å²) >= 11 is 3.53. The first kappa shape index (κ1) is 17.4. The highest BCUT2D eigenvalue weighted by molar-refractivity contribution is 9.10. The van der Waals surface area contributed by atoms with Crippen molar-refractivity contribution in [2.75, 3.05) is 20.2 Å². The number of hydrogen-bond donors (Lipinski definition) is 2. The van der Waals surface area contributed by atoms with E-state index in [4.69, 9.17) is 4.74 Å². The molecule has 0 bridgehead atoms. The first-order valence-electron chi connectivity index (χ1n) is 8.81. The van der Waals surface area contributed by atoms with E-state index in [1.807, 2.05) is 6.07 Å². The summed E-state index contributed by atoms with van der Waals surface area (Å²) in [5, 5.41) is 14.9. The quantitative estimate of drug-likeness (QED) is 0.799. The molecule has 0 spiro atoms. The SMILES string of the molecule is COc1ccc(C2NN=C3CCN(Cc4ccccc4)CC32)c(Br)c1O. The lowest BCUT2D eigenvalue weighted by Gasteiger charge is -2.34. The van der Waals surface area contributed by atoms with Crippen LogP contribution in [0.15, 0.2) is 52.0 Å². The minimum Gasteiger partial charge on any atom is -0.503 e. The first-order chi connectivity index (χ1) is 12.7. The van der Waals surface area contributed by atoms with Crippen LogP contribution in [0.3, 0.4) is 0 Å². The number of fused-ring (bicyclic) bond motifs is 1. The number of phenols is 1. The Kier molecular flexibility index (Phi) is 4.87. The van der Waals surface area contributed by atoms with Crippen molar-refractivity contribution in [1.82, 2.24) is 10.3 Å². The zero-order chi connectivity index (χ0) is 18.1. The van der Waals surface area contributed by atoms with E-state index in [2.05, 4.69) is 61.7 Å². The molecule has 2 aromatic rings. The predicted molar refractivity (Wildman–Crippen MR) is 105 cm³/mol. The molecule has 2 N–H and O–H groups in total. The van der Waals surface area contributed by atoms with E-state index >= 15 is 0 Å². The number of ether oxygens (including phenoxy) is 1. The van der Waals surface area contributed by atoms with Crippen LogP contribution in [0, 0.1) is 5.92 Å². The highest BCUT2D eigenvalue weighted by atomic mass is 79.9. The van der Waals surface area contributed by atoms with Gasteiger partial charge in [0.05, 0.1) is 17.6 Å². The van der Waals surface area contributed by atoms with Gasteiger partial charge in [0.15, 0.2) is 11.5 Å². The minimum absolute atomic E-state index is 0.0507. The number of piperidine rings is 1. The largest absolute Gasteiger partial charge is 0.503 e. The number of aromatic hydroxyl groups is 1. The van der Waals surface area contributed by atoms with Gasteiger partial charge in [0.25, 0.3) is 0 Å². The molecule has 2 atom stereocenters. The molecular formula is C20H22BrN3O2. The topological polar surface area (TPSA) is 57.1 Å². The van der Waals surface area contributed by atoms with Gasteiger partial charge in [-0.05, 0) is 33.1 Å². The van der Waals surface area contributed by atoms with Crippen molar-refractivity contribution in [3.8, 4) is 11.5 Å². The highest BCUT2D eigenvalue weighted by Crippen LogP contribution is 2.43. The van der Waals surface area contributed by atoms with Gasteiger partial charge in [0.1, 0.15) is 0 Å². The zero-order valence-electron chi connectivity index (χ0n) is 14.7. The van der Waals surface area contributed by atoms with Gasteiger partial charge in [-0.25, -0.2) is 0 Å². The summed E-state index contributed by atoms with van der Waals surface area (Å²) in [6, 6.07) is 14.4. The van der Waals surface area contributed by atoms with E-state index in [0.717, 1.165) is 31.6 Å². The summed E-state index contributed by atoms with van der Waals surface area (Å²) in [6.45, 7) is 2.92. The van der Waals surface area contributed by atoms with Crippen LogP contribution < -0.4 is 10.2 Å². The standard InChI is InChI=1S/C20H22BrN3O2/c1-26-17-8-7-14(18(21)20(17)25)19-15-12-24(10-9-16(15)22-23-19)11-13-5-3-2-4-6-13/h2-8,15,19,23,25H,9-12H2,1H3. The normalized spacial score (nSPS) is 22.5. The summed E-state index contributed by atoms with van der Waals surface area (Å²) in [6.07, 6.45) is 0.973. The summed E-state index contributed by atoms with van der Waals surface area (Å²) in [5.74, 6) is 0.905. The minimum atomic E-state index is 0.0507. The maximum absolute atomic E-state index is 10.3. The number of hydrogen-bond acceptors (Lipinski definition) is 5. The van der Waals surface area contributed by atoms with Gasteiger partial charge in [-0.2, -0.15) is 5.10 Å². The van der Waals surface area contributed by atoms with E-state index < -0.39 is 0 Å². The lowest BCUT2D eigenvalue weighted by molar-refractivity contribution is 0.220. The molecule has 2 aliphatic rings. The van der Waals surface area contributed by atoms with Gasteiger partial charge < -0.3 is 15.3 Å². The Morgan fingerprint density at radius 1 is 1.27 bits per heavy atom. The van der Waals surface area contributed by atoms with Crippen LogP contribution in [0.4, 0.5) is 0 Å². The summed E-state index contributed by atoms with van der Waals surface area (Å²) in [4.78, 5) is 2.48. The second-order valence-corrected chi connectivity index (χ2v) is 7.60. The fourth-order valence-corrected chi connectivity index (χ4v) is 4.42. The molecule has 136 valence electrons. The van der Waals surface area contributed by atoms with Crippen LogP contribution in [-0.2, 0) is 6.54 Å². The monoisotopic (exact) mass is 415 g/mol. The van der Waals surface area contributed by atoms with Crippen LogP contribution in [0.1, 0.15) is 23.6 Å². The van der Waals surface area contributed by atoms with E-state index in [9.17, 15) is 5.11 Å². The molecule has 4 rings (SSSR count). The first-order valence-corrected chi connectivity index (χ1v) is 9.60. The van der Waals surface area contributed by atoms with Gasteiger partial charge in [-0.3, -0.25) is 4.90 Å². The third kappa shape index (κ3) is 3.19. The van der Waals surface area contributed by atoms with Crippen LogP contribution >= 0.6 is 15.9 Å². The molecular weight excluding hydrogens is 394 g/mol. The zero-order valence-corrected chi connectivity index (χ0v) is 16.2. The van der Waals surface area contributed by atoms with Crippen molar-refractivity contribution in [3.63, 3.8) is 0 Å². The van der Waals surface area contributed by atoms with Crippen LogP contribution in [0.25, 0.3) is 0 Å². The van der Waals surface area contributed by atoms with Gasteiger partial charge in [0.2, 0.25) is 0 Å². The van der Waals surface area contributed by atoms with E-state index in [1.54, 1.807) is 13.2 Å². The Morgan fingerprint density at radius 2 is 2.08 bits per heavy atom. The molecule has 5 nitrogen and oxygen atoms in total. The average molecular weight is 416 g/mol. The molecule has 0 radical (unpaired) electrons. The van der Waals surface area contributed by atoms with Crippen molar-refractivity contribution in [1.29, 1.82) is 0 Å². The third-order valence-electron chi connectivity index (χ3n) is 5.23. The predicted octanol–water partition coefficient (Wildman–Crippen LogP) is 3.69. The van der Waals surface area contributed by atoms with Gasteiger partial charge in [0, 0.05) is 37.7 Å². The number of phenolic OH excluding ortho intramolecular Hbond substituents is 1. The second-order valence-electron chi connectivity index (χ2n) is 6.81. The number of nitrogens with zero attached hydrogens (tertiary/aromatic N) is 2. The van der Waals surface area contributed by atoms with Crippen molar-refractivity contribution in [3.05, 3.63) is 58.1 Å². The number of hydrazone groups is 1. The molecule has 2 unspecified atom stereocenters. The number of benzene rings is 2. The van der Waals surface area contributed by atoms with Crippen LogP contribution in [-0.4, -0.2) is 35.9 Å². The van der Waals surface area contributed by atoms with Gasteiger partial charge >= 0.3 is 0 Å². The molecule has 1 saturated heterocycles. The Hall–Kier alpha value is -2.05. The Bertz CT molecular complexity index is 825. The average Bonchev–Trinajstić information content (AvgIpc) is 3.08. The van der Waals surface area contributed by atoms with Crippen LogP contribution in [0.2, 0.25) is 0 Å². The van der Waals surface area contributed by atoms with E-state index in [0.29, 0.717) is 16.1 Å². The molecule has 0 aromatic heterocycles. The fourth-order valence-electron chi connectivity index (χ4n) is 3.85. The molecule has 1 fully saturated rings. The molecule has 0 saturated carbocycles. The molecule has 0 aliphatic carbocycles. The number of rotatable bonds is 4. The summed E-state index contributed by atoms with van der Waals surface area (Å²) in [7, 11) is 1.55. The third-order valence-corrected chi connectivity index (χ3v) is 6.06. The smallest absolute Gasteiger partial charge is 0.172 e. The number of halogens is 1. The second kappa shape index (κ2) is 7.29. The fraction of sp³-hybridized carbons (Fsp3) is 0.350. The molecule has 2 aromatic carbocycles. The highest BCUT2D eigenvalue weighted by Gasteiger charge is 2.38. The lowest BCUT2D eigenvalue weighted by Crippen LogP contribution is -2.41. The van der Waals surface area contributed by atoms with Gasteiger partial charge in [-0.1, -0.05) is 36.4 Å². The Morgan fingerprint density at radius 3 is 2.85 bits per heavy atom. The van der Waals surface area contributed by atoms with Crippen LogP contribution in [0.5, 0.6) is 11.5 Å². The van der Waals surface area contributed by atoms with Crippen molar-refractivity contribution < 1.29 is 9.84 Å². The summed E-state index contributed by atoms with van der Waals surface area (Å²) in [5.41, 5.74) is 6.85. The Labute approximate surface area is 161 Å². The van der Waals surface area contributed by atoms with Crippen molar-refractivity contribution in [2.24, 2.45) is 11.0 Å². The Balaban J connectivity index is 1.54. The summed E-state index contributed by atoms with van der Waals surface area (Å²) < 4.78 is 5.87. The number of nitrogens with one attached hydrogen (secondary N) is 1. The van der Waals surface area contributed by atoms with E-state index in [-0.39, 0.29) is 11.8 Å². The molecule has 2 aliphatic heterocycles. The molecule has 26 heavy (non-hydrogen) atoms. The lowest BCUT2D eigenvalue weighted by atomic mass is 9.86. The maximum atomic E-state index is 10.3. The molecule has 6 heteroatoms. The van der Waals surface area contributed by atoms with Gasteiger partial charge in [-0.15, -0.1) is 0 Å². The van der Waals surface area contributed by atoms with Crippen molar-refractivity contribution >= 4 is 21.6 Å². The van der Waals surface area contributed by atoms with E-state index in [1.165, 1.54) is 11.3 Å². The number of methoxy groups -OCH3 is 1. The number of likely N-dealkylation sites (tertiary alicyclic amines) is 1. The molecule has 0 amide bonds. The van der Waals surface area contributed by atoms with Crippen molar-refractivity contribution in [2.45, 2.75) is 19.0 Å². The maximum Gasteiger partial charge on any atom is 0.172 e.